The van der Waals surface area contributed by atoms with Crippen LogP contribution >= 0.6 is 23.2 Å². The smallest absolute Gasteiger partial charge is 0.244 e. The number of sulfonamides is 1. The molecule has 148 valence electrons. The Bertz CT molecular complexity index is 1120. The van der Waals surface area contributed by atoms with Gasteiger partial charge in [-0.05, 0) is 36.8 Å². The van der Waals surface area contributed by atoms with Crippen LogP contribution in [-0.2, 0) is 16.6 Å². The molecule has 0 bridgehead atoms. The summed E-state index contributed by atoms with van der Waals surface area (Å²) in [4.78, 5) is 6.91. The second kappa shape index (κ2) is 7.65. The topological polar surface area (TPSA) is 57.9 Å². The first-order chi connectivity index (χ1) is 13.3. The zero-order valence-corrected chi connectivity index (χ0v) is 17.7. The van der Waals surface area contributed by atoms with Gasteiger partial charge in [-0.2, -0.15) is 4.31 Å². The maximum absolute atomic E-state index is 12.9. The fourth-order valence-corrected chi connectivity index (χ4v) is 5.56. The van der Waals surface area contributed by atoms with Crippen LogP contribution in [0.4, 0.5) is 0 Å². The number of benzene rings is 1. The van der Waals surface area contributed by atoms with Crippen molar-refractivity contribution in [2.45, 2.75) is 18.4 Å². The van der Waals surface area contributed by atoms with Crippen molar-refractivity contribution in [3.05, 3.63) is 64.0 Å². The molecule has 0 atom stereocenters. The molecular weight excluding hydrogens is 419 g/mol. The van der Waals surface area contributed by atoms with Gasteiger partial charge in [0.2, 0.25) is 10.0 Å². The van der Waals surface area contributed by atoms with Gasteiger partial charge < -0.3 is 4.40 Å². The van der Waals surface area contributed by atoms with E-state index in [-0.39, 0.29) is 9.92 Å². The van der Waals surface area contributed by atoms with Gasteiger partial charge in [0.25, 0.3) is 0 Å². The Morgan fingerprint density at radius 3 is 2.54 bits per heavy atom. The molecule has 2 aromatic heterocycles. The van der Waals surface area contributed by atoms with Crippen LogP contribution in [0, 0.1) is 6.92 Å². The normalized spacial score (nSPS) is 16.7. The number of hydrogen-bond acceptors (Lipinski definition) is 4. The van der Waals surface area contributed by atoms with Crippen molar-refractivity contribution in [1.29, 1.82) is 0 Å². The fourth-order valence-electron chi connectivity index (χ4n) is 3.40. The van der Waals surface area contributed by atoms with E-state index in [1.807, 2.05) is 35.9 Å². The number of imidazole rings is 1. The molecule has 28 heavy (non-hydrogen) atoms. The highest BCUT2D eigenvalue weighted by atomic mass is 35.5. The molecule has 0 unspecified atom stereocenters. The van der Waals surface area contributed by atoms with Gasteiger partial charge >= 0.3 is 0 Å². The third kappa shape index (κ3) is 3.90. The molecule has 3 aromatic rings. The molecule has 0 saturated carbocycles. The summed E-state index contributed by atoms with van der Waals surface area (Å²) in [7, 11) is -3.67. The van der Waals surface area contributed by atoms with E-state index >= 15 is 0 Å². The number of pyridine rings is 1. The molecule has 0 N–H and O–H groups in total. The van der Waals surface area contributed by atoms with E-state index in [1.165, 1.54) is 22.0 Å². The Labute approximate surface area is 174 Å². The summed E-state index contributed by atoms with van der Waals surface area (Å²) in [6.07, 6.45) is 4.07. The third-order valence-electron chi connectivity index (χ3n) is 4.88. The summed E-state index contributed by atoms with van der Waals surface area (Å²) in [5, 5.41) is 0.538. The van der Waals surface area contributed by atoms with Crippen molar-refractivity contribution in [3.8, 4) is 0 Å². The van der Waals surface area contributed by atoms with Gasteiger partial charge in [0.1, 0.15) is 10.5 Å². The van der Waals surface area contributed by atoms with Crippen LogP contribution in [0.5, 0.6) is 0 Å². The number of halogens is 2. The Hall–Kier alpha value is -1.64. The van der Waals surface area contributed by atoms with Crippen molar-refractivity contribution in [3.63, 3.8) is 0 Å². The highest BCUT2D eigenvalue weighted by Gasteiger charge is 2.30. The Morgan fingerprint density at radius 2 is 1.79 bits per heavy atom. The lowest BCUT2D eigenvalue weighted by Gasteiger charge is -2.33. The highest BCUT2D eigenvalue weighted by molar-refractivity contribution is 7.89. The number of piperazine rings is 1. The summed E-state index contributed by atoms with van der Waals surface area (Å²) in [5.74, 6) is 0. The summed E-state index contributed by atoms with van der Waals surface area (Å²) < 4.78 is 29.3. The predicted octanol–water partition coefficient (Wildman–Crippen LogP) is 3.46. The molecule has 3 heterocycles. The summed E-state index contributed by atoms with van der Waals surface area (Å²) in [5.41, 5.74) is 3.06. The average Bonchev–Trinajstić information content (AvgIpc) is 3.05. The lowest BCUT2D eigenvalue weighted by atomic mass is 10.3. The molecule has 1 aliphatic heterocycles. The molecule has 1 saturated heterocycles. The lowest BCUT2D eigenvalue weighted by molar-refractivity contribution is 0.180. The van der Waals surface area contributed by atoms with Gasteiger partial charge in [0.15, 0.2) is 0 Å². The fraction of sp³-hybridized carbons (Fsp3) is 0.316. The van der Waals surface area contributed by atoms with Crippen molar-refractivity contribution in [2.75, 3.05) is 26.2 Å². The first kappa shape index (κ1) is 19.7. The van der Waals surface area contributed by atoms with E-state index in [4.69, 9.17) is 23.2 Å². The van der Waals surface area contributed by atoms with Crippen LogP contribution in [-0.4, -0.2) is 53.2 Å². The number of fused-ring (bicyclic) bond motifs is 1. The average molecular weight is 439 g/mol. The van der Waals surface area contributed by atoms with Crippen LogP contribution in [0.3, 0.4) is 0 Å². The summed E-state index contributed by atoms with van der Waals surface area (Å²) in [6.45, 7) is 4.79. The third-order valence-corrected chi connectivity index (χ3v) is 7.49. The first-order valence-corrected chi connectivity index (χ1v) is 11.1. The van der Waals surface area contributed by atoms with E-state index in [2.05, 4.69) is 9.88 Å². The molecule has 0 aliphatic carbocycles. The number of hydrogen-bond donors (Lipinski definition) is 0. The van der Waals surface area contributed by atoms with Crippen molar-refractivity contribution in [1.82, 2.24) is 18.6 Å². The predicted molar refractivity (Wildman–Crippen MR) is 110 cm³/mol. The van der Waals surface area contributed by atoms with Crippen LogP contribution < -0.4 is 0 Å². The van der Waals surface area contributed by atoms with Crippen LogP contribution in [0.15, 0.2) is 47.6 Å². The maximum atomic E-state index is 12.9. The molecule has 1 aliphatic rings. The molecule has 0 spiro atoms. The second-order valence-electron chi connectivity index (χ2n) is 6.96. The number of rotatable bonds is 4. The highest BCUT2D eigenvalue weighted by Crippen LogP contribution is 2.28. The summed E-state index contributed by atoms with van der Waals surface area (Å²) in [6, 6.07) is 8.54. The van der Waals surface area contributed by atoms with E-state index < -0.39 is 10.0 Å². The lowest BCUT2D eigenvalue weighted by Crippen LogP contribution is -2.48. The van der Waals surface area contributed by atoms with Gasteiger partial charge in [-0.25, -0.2) is 13.4 Å². The van der Waals surface area contributed by atoms with Gasteiger partial charge in [-0.1, -0.05) is 29.3 Å². The number of aryl methyl sites for hydroxylation is 1. The molecule has 1 fully saturated rings. The standard InChI is InChI=1S/C19H20Cl2N4O2S/c1-14-2-5-19-22-16(13-24(19)11-14)12-23-6-8-25(9-7-23)28(26,27)18-10-15(20)3-4-17(18)21/h2-5,10-11,13H,6-9,12H2,1H3. The Balaban J connectivity index is 1.44. The number of aromatic nitrogens is 2. The zero-order valence-electron chi connectivity index (χ0n) is 15.3. The Kier molecular flexibility index (Phi) is 5.37. The molecule has 0 radical (unpaired) electrons. The molecule has 9 heteroatoms. The number of nitrogens with zero attached hydrogens (tertiary/aromatic N) is 4. The minimum absolute atomic E-state index is 0.0610. The SMILES string of the molecule is Cc1ccc2nc(CN3CCN(S(=O)(=O)c4cc(Cl)ccc4Cl)CC3)cn2c1. The van der Waals surface area contributed by atoms with Crippen LogP contribution in [0.2, 0.25) is 10.0 Å². The molecule has 6 nitrogen and oxygen atoms in total. The summed E-state index contributed by atoms with van der Waals surface area (Å²) >= 11 is 12.1. The Morgan fingerprint density at radius 1 is 1.04 bits per heavy atom. The van der Waals surface area contributed by atoms with E-state index in [0.717, 1.165) is 11.3 Å². The maximum Gasteiger partial charge on any atom is 0.244 e. The van der Waals surface area contributed by atoms with Gasteiger partial charge in [0.05, 0.1) is 10.7 Å². The zero-order chi connectivity index (χ0) is 19.9. The first-order valence-electron chi connectivity index (χ1n) is 8.95. The van der Waals surface area contributed by atoms with E-state index in [1.54, 1.807) is 6.07 Å². The largest absolute Gasteiger partial charge is 0.307 e. The van der Waals surface area contributed by atoms with Crippen LogP contribution in [0.1, 0.15) is 11.3 Å². The van der Waals surface area contributed by atoms with Crippen molar-refractivity contribution in [2.24, 2.45) is 0 Å². The minimum Gasteiger partial charge on any atom is -0.307 e. The van der Waals surface area contributed by atoms with Crippen LogP contribution in [0.25, 0.3) is 5.65 Å². The van der Waals surface area contributed by atoms with E-state index in [0.29, 0.717) is 37.7 Å². The minimum atomic E-state index is -3.67. The van der Waals surface area contributed by atoms with E-state index in [9.17, 15) is 8.42 Å². The second-order valence-corrected chi connectivity index (χ2v) is 9.71. The van der Waals surface area contributed by atoms with Gasteiger partial charge in [-0.3, -0.25) is 4.90 Å². The van der Waals surface area contributed by atoms with Gasteiger partial charge in [-0.15, -0.1) is 0 Å². The van der Waals surface area contributed by atoms with Gasteiger partial charge in [0, 0.05) is 50.1 Å². The molecule has 1 aromatic carbocycles. The monoisotopic (exact) mass is 438 g/mol. The quantitative estimate of drug-likeness (QED) is 0.625. The van der Waals surface area contributed by atoms with Crippen molar-refractivity contribution >= 4 is 38.9 Å². The molecule has 4 rings (SSSR count). The molecular formula is C19H20Cl2N4O2S. The molecule has 0 amide bonds. The van der Waals surface area contributed by atoms with Crippen molar-refractivity contribution < 1.29 is 8.42 Å².